The Hall–Kier alpha value is -1.10. The van der Waals surface area contributed by atoms with Crippen LogP contribution in [0, 0.1) is 17.8 Å². The summed E-state index contributed by atoms with van der Waals surface area (Å²) >= 11 is 0. The molecule has 18 heavy (non-hydrogen) atoms. The maximum atomic E-state index is 12.4. The number of amides is 1. The van der Waals surface area contributed by atoms with Gasteiger partial charge in [-0.1, -0.05) is 6.42 Å². The van der Waals surface area contributed by atoms with Gasteiger partial charge in [0.05, 0.1) is 0 Å². The summed E-state index contributed by atoms with van der Waals surface area (Å²) in [7, 11) is 0. The second-order valence-electron chi connectivity index (χ2n) is 5.57. The lowest BCUT2D eigenvalue weighted by Gasteiger charge is -2.24. The van der Waals surface area contributed by atoms with E-state index in [4.69, 9.17) is 10.8 Å². The highest BCUT2D eigenvalue weighted by Crippen LogP contribution is 2.34. The summed E-state index contributed by atoms with van der Waals surface area (Å²) in [6, 6.07) is 0. The molecule has 5 heteroatoms. The average molecular weight is 254 g/mol. The molecule has 1 saturated carbocycles. The number of carbonyl (C=O) groups excluding carboxylic acids is 1. The Labute approximate surface area is 107 Å². The van der Waals surface area contributed by atoms with Crippen molar-refractivity contribution in [2.75, 3.05) is 19.6 Å². The zero-order chi connectivity index (χ0) is 13.1. The number of carbonyl (C=O) groups is 2. The second-order valence-corrected chi connectivity index (χ2v) is 5.57. The fourth-order valence-electron chi connectivity index (χ4n) is 3.32. The molecule has 3 N–H and O–H groups in total. The van der Waals surface area contributed by atoms with Crippen LogP contribution in [-0.4, -0.2) is 41.5 Å². The maximum absolute atomic E-state index is 12.4. The Morgan fingerprint density at radius 2 is 2.06 bits per heavy atom. The summed E-state index contributed by atoms with van der Waals surface area (Å²) < 4.78 is 0. The van der Waals surface area contributed by atoms with Gasteiger partial charge in [-0.25, -0.2) is 0 Å². The number of rotatable bonds is 4. The van der Waals surface area contributed by atoms with E-state index in [0.29, 0.717) is 25.6 Å². The van der Waals surface area contributed by atoms with Gasteiger partial charge in [0.1, 0.15) is 0 Å². The van der Waals surface area contributed by atoms with Crippen LogP contribution in [0.25, 0.3) is 0 Å². The summed E-state index contributed by atoms with van der Waals surface area (Å²) in [5.74, 6) is -0.0235. The molecule has 1 aliphatic carbocycles. The third-order valence-electron chi connectivity index (χ3n) is 4.34. The fraction of sp³-hybridized carbons (Fsp3) is 0.846. The van der Waals surface area contributed by atoms with Gasteiger partial charge in [-0.05, 0) is 37.6 Å². The quantitative estimate of drug-likeness (QED) is 0.773. The molecule has 5 nitrogen and oxygen atoms in total. The lowest BCUT2D eigenvalue weighted by molar-refractivity contribution is -0.139. The van der Waals surface area contributed by atoms with Crippen molar-refractivity contribution < 1.29 is 14.7 Å². The zero-order valence-corrected chi connectivity index (χ0v) is 10.7. The van der Waals surface area contributed by atoms with Crippen molar-refractivity contribution in [2.45, 2.75) is 32.1 Å². The number of hydrogen-bond donors (Lipinski definition) is 2. The summed E-state index contributed by atoms with van der Waals surface area (Å²) in [6.07, 6.45) is 4.08. The largest absolute Gasteiger partial charge is 0.481 e. The molecule has 0 spiro atoms. The van der Waals surface area contributed by atoms with Crippen molar-refractivity contribution in [3.63, 3.8) is 0 Å². The molecule has 1 saturated heterocycles. The Kier molecular flexibility index (Phi) is 4.22. The van der Waals surface area contributed by atoms with Crippen molar-refractivity contribution in [2.24, 2.45) is 23.5 Å². The predicted octanol–water partition coefficient (Wildman–Crippen LogP) is 0.685. The molecule has 1 amide bonds. The topological polar surface area (TPSA) is 83.6 Å². The van der Waals surface area contributed by atoms with E-state index in [1.54, 1.807) is 0 Å². The highest BCUT2D eigenvalue weighted by Gasteiger charge is 2.37. The average Bonchev–Trinajstić information content (AvgIpc) is 2.95. The van der Waals surface area contributed by atoms with Gasteiger partial charge in [0.15, 0.2) is 0 Å². The molecule has 0 bridgehead atoms. The van der Waals surface area contributed by atoms with Gasteiger partial charge in [-0.15, -0.1) is 0 Å². The van der Waals surface area contributed by atoms with Gasteiger partial charge in [-0.3, -0.25) is 9.59 Å². The maximum Gasteiger partial charge on any atom is 0.303 e. The third-order valence-corrected chi connectivity index (χ3v) is 4.34. The van der Waals surface area contributed by atoms with E-state index >= 15 is 0 Å². The highest BCUT2D eigenvalue weighted by atomic mass is 16.4. The Morgan fingerprint density at radius 3 is 2.72 bits per heavy atom. The standard InChI is InChI=1S/C13H22N2O3/c14-7-10-2-1-3-11(10)13(18)15-5-4-9(8-15)6-12(16)17/h9-11H,1-8,14H2,(H,16,17). The molecule has 1 aliphatic heterocycles. The number of likely N-dealkylation sites (tertiary alicyclic amines) is 1. The first kappa shape index (κ1) is 13.3. The summed E-state index contributed by atoms with van der Waals surface area (Å²) in [5.41, 5.74) is 5.71. The van der Waals surface area contributed by atoms with Crippen molar-refractivity contribution in [3.8, 4) is 0 Å². The lowest BCUT2D eigenvalue weighted by atomic mass is 9.95. The first-order valence-corrected chi connectivity index (χ1v) is 6.82. The summed E-state index contributed by atoms with van der Waals surface area (Å²) in [5, 5.41) is 8.77. The summed E-state index contributed by atoms with van der Waals surface area (Å²) in [4.78, 5) is 24.9. The molecule has 0 aromatic rings. The molecule has 2 fully saturated rings. The van der Waals surface area contributed by atoms with Crippen LogP contribution < -0.4 is 5.73 Å². The van der Waals surface area contributed by atoms with E-state index in [9.17, 15) is 9.59 Å². The molecule has 102 valence electrons. The van der Waals surface area contributed by atoms with E-state index < -0.39 is 5.97 Å². The van der Waals surface area contributed by atoms with Crippen LogP contribution in [0.2, 0.25) is 0 Å². The number of aliphatic carboxylic acids is 1. The van der Waals surface area contributed by atoms with Crippen molar-refractivity contribution >= 4 is 11.9 Å². The molecular weight excluding hydrogens is 232 g/mol. The van der Waals surface area contributed by atoms with Crippen LogP contribution in [-0.2, 0) is 9.59 Å². The van der Waals surface area contributed by atoms with Crippen LogP contribution in [0.1, 0.15) is 32.1 Å². The number of carboxylic acid groups (broad SMARTS) is 1. The number of carboxylic acids is 1. The van der Waals surface area contributed by atoms with Gasteiger partial charge >= 0.3 is 5.97 Å². The fourth-order valence-corrected chi connectivity index (χ4v) is 3.32. The second kappa shape index (κ2) is 5.69. The normalized spacial score (nSPS) is 31.8. The Bertz CT molecular complexity index is 332. The van der Waals surface area contributed by atoms with Crippen LogP contribution in [0.4, 0.5) is 0 Å². The predicted molar refractivity (Wildman–Crippen MR) is 66.8 cm³/mol. The van der Waals surface area contributed by atoms with Crippen LogP contribution in [0.5, 0.6) is 0 Å². The molecule has 0 radical (unpaired) electrons. The van der Waals surface area contributed by atoms with E-state index in [2.05, 4.69) is 0 Å². The first-order valence-electron chi connectivity index (χ1n) is 6.82. The smallest absolute Gasteiger partial charge is 0.303 e. The number of nitrogens with two attached hydrogens (primary N) is 1. The lowest BCUT2D eigenvalue weighted by Crippen LogP contribution is -2.37. The molecule has 0 aromatic carbocycles. The summed E-state index contributed by atoms with van der Waals surface area (Å²) in [6.45, 7) is 1.91. The monoisotopic (exact) mass is 254 g/mol. The minimum atomic E-state index is -0.769. The number of nitrogens with zero attached hydrogens (tertiary/aromatic N) is 1. The van der Waals surface area contributed by atoms with Crippen LogP contribution >= 0.6 is 0 Å². The molecule has 3 atom stereocenters. The number of hydrogen-bond acceptors (Lipinski definition) is 3. The van der Waals surface area contributed by atoms with E-state index in [0.717, 1.165) is 25.7 Å². The van der Waals surface area contributed by atoms with Gasteiger partial charge < -0.3 is 15.7 Å². The SMILES string of the molecule is NCC1CCCC1C(=O)N1CCC(CC(=O)O)C1. The Balaban J connectivity index is 1.89. The Morgan fingerprint density at radius 1 is 1.28 bits per heavy atom. The molecular formula is C13H22N2O3. The van der Waals surface area contributed by atoms with Crippen molar-refractivity contribution in [3.05, 3.63) is 0 Å². The van der Waals surface area contributed by atoms with Crippen LogP contribution in [0.15, 0.2) is 0 Å². The molecule has 2 rings (SSSR count). The highest BCUT2D eigenvalue weighted by molar-refractivity contribution is 5.80. The third kappa shape index (κ3) is 2.83. The van der Waals surface area contributed by atoms with E-state index in [1.807, 2.05) is 4.90 Å². The van der Waals surface area contributed by atoms with Gasteiger partial charge in [0, 0.05) is 25.4 Å². The molecule has 0 aromatic heterocycles. The molecule has 1 heterocycles. The zero-order valence-electron chi connectivity index (χ0n) is 10.7. The van der Waals surface area contributed by atoms with E-state index in [-0.39, 0.29) is 24.2 Å². The van der Waals surface area contributed by atoms with Gasteiger partial charge in [0.2, 0.25) is 5.91 Å². The van der Waals surface area contributed by atoms with Gasteiger partial charge in [0.25, 0.3) is 0 Å². The molecule has 2 aliphatic rings. The first-order chi connectivity index (χ1) is 8.61. The van der Waals surface area contributed by atoms with Crippen molar-refractivity contribution in [1.82, 2.24) is 4.90 Å². The van der Waals surface area contributed by atoms with E-state index in [1.165, 1.54) is 0 Å². The molecule has 3 unspecified atom stereocenters. The van der Waals surface area contributed by atoms with Crippen LogP contribution in [0.3, 0.4) is 0 Å². The minimum absolute atomic E-state index is 0.0820. The van der Waals surface area contributed by atoms with Crippen molar-refractivity contribution in [1.29, 1.82) is 0 Å². The van der Waals surface area contributed by atoms with Gasteiger partial charge in [-0.2, -0.15) is 0 Å². The minimum Gasteiger partial charge on any atom is -0.481 e.